The van der Waals surface area contributed by atoms with E-state index >= 15 is 0 Å². The first kappa shape index (κ1) is 30.7. The fourth-order valence-electron chi connectivity index (χ4n) is 3.68. The Bertz CT molecular complexity index is 1230. The number of Topliss-reactive ketones (excluding diaryl/α,β-unsaturated/α-hetero) is 1. The molecule has 37 heavy (non-hydrogen) atoms. The number of hydrogen-bond donors (Lipinski definition) is 1. The van der Waals surface area contributed by atoms with Gasteiger partial charge in [0.1, 0.15) is 11.4 Å². The van der Waals surface area contributed by atoms with E-state index in [0.29, 0.717) is 32.8 Å². The van der Waals surface area contributed by atoms with Gasteiger partial charge in [-0.1, -0.05) is 40.9 Å². The summed E-state index contributed by atoms with van der Waals surface area (Å²) in [6, 6.07) is 10.2. The van der Waals surface area contributed by atoms with E-state index in [-0.39, 0.29) is 35.9 Å². The summed E-state index contributed by atoms with van der Waals surface area (Å²) < 4.78 is 10.1. The molecule has 1 N–H and O–H groups in total. The normalized spacial score (nSPS) is 14.6. The minimum Gasteiger partial charge on any atom is -0.507 e. The lowest BCUT2D eigenvalue weighted by molar-refractivity contribution is -0.155. The van der Waals surface area contributed by atoms with Gasteiger partial charge in [0.15, 0.2) is 11.4 Å². The van der Waals surface area contributed by atoms with Crippen molar-refractivity contribution in [2.24, 2.45) is 5.41 Å². The zero-order valence-electron chi connectivity index (χ0n) is 21.7. The molecule has 0 aromatic heterocycles. The SMILES string of the molecule is CCOC(=O)C(C)(C)CC(=O)Cc1cc(Cl)ccc1Cl.Cc1ccc(Cl)cc1C1=C(O)C(C)(C)OC1=O. The highest BCUT2D eigenvalue weighted by Crippen LogP contribution is 2.37. The monoisotopic (exact) mass is 568 g/mol. The number of ketones is 1. The second-order valence-electron chi connectivity index (χ2n) is 9.81. The van der Waals surface area contributed by atoms with Crippen LogP contribution in [0.25, 0.3) is 5.57 Å². The first-order valence-electron chi connectivity index (χ1n) is 11.7. The summed E-state index contributed by atoms with van der Waals surface area (Å²) in [7, 11) is 0. The zero-order chi connectivity index (χ0) is 28.1. The van der Waals surface area contributed by atoms with Crippen molar-refractivity contribution in [3.05, 3.63) is 73.9 Å². The zero-order valence-corrected chi connectivity index (χ0v) is 24.0. The van der Waals surface area contributed by atoms with E-state index in [1.165, 1.54) is 0 Å². The molecule has 1 aliphatic heterocycles. The van der Waals surface area contributed by atoms with E-state index in [0.717, 1.165) is 5.56 Å². The number of carbonyl (C=O) groups excluding carboxylic acids is 3. The van der Waals surface area contributed by atoms with Gasteiger partial charge >= 0.3 is 11.9 Å². The topological polar surface area (TPSA) is 89.9 Å². The number of benzene rings is 2. The molecule has 0 radical (unpaired) electrons. The van der Waals surface area contributed by atoms with Gasteiger partial charge < -0.3 is 14.6 Å². The van der Waals surface area contributed by atoms with Crippen LogP contribution in [0.3, 0.4) is 0 Å². The summed E-state index contributed by atoms with van der Waals surface area (Å²) in [5, 5.41) is 11.6. The van der Waals surface area contributed by atoms with Crippen molar-refractivity contribution in [3.63, 3.8) is 0 Å². The van der Waals surface area contributed by atoms with Crippen LogP contribution in [0.5, 0.6) is 0 Å². The summed E-state index contributed by atoms with van der Waals surface area (Å²) in [6.07, 6.45) is 0.261. The number of esters is 2. The van der Waals surface area contributed by atoms with Crippen LogP contribution in [0.2, 0.25) is 15.1 Å². The minimum atomic E-state index is -0.971. The number of aliphatic hydroxyl groups is 1. The van der Waals surface area contributed by atoms with Crippen LogP contribution in [0, 0.1) is 12.3 Å². The van der Waals surface area contributed by atoms with Gasteiger partial charge in [0.05, 0.1) is 12.0 Å². The standard InChI is InChI=1S/C15H18Cl2O3.C13H13ClO3/c1-4-20-14(19)15(2,3)9-12(18)8-10-7-11(16)5-6-13(10)17;1-7-4-5-8(14)6-9(7)10-11(15)13(2,3)17-12(10)16/h5-7H,4,8-9H2,1-3H3;4-6,15H,1-3H3. The van der Waals surface area contributed by atoms with E-state index in [1.54, 1.807) is 71.0 Å². The second kappa shape index (κ2) is 12.3. The highest BCUT2D eigenvalue weighted by molar-refractivity contribution is 6.33. The maximum atomic E-state index is 12.1. The molecule has 6 nitrogen and oxygen atoms in total. The van der Waals surface area contributed by atoms with Crippen LogP contribution < -0.4 is 0 Å². The number of carbonyl (C=O) groups is 3. The molecule has 0 spiro atoms. The summed E-state index contributed by atoms with van der Waals surface area (Å²) >= 11 is 17.8. The van der Waals surface area contributed by atoms with Gasteiger partial charge in [-0.05, 0) is 88.6 Å². The Hall–Kier alpha value is -2.54. The molecule has 0 amide bonds. The fraction of sp³-hybridized carbons (Fsp3) is 0.393. The van der Waals surface area contributed by atoms with Gasteiger partial charge in [0.25, 0.3) is 0 Å². The number of cyclic esters (lactones) is 1. The highest BCUT2D eigenvalue weighted by Gasteiger charge is 2.41. The first-order valence-corrected chi connectivity index (χ1v) is 12.8. The molecule has 2 aromatic rings. The van der Waals surface area contributed by atoms with Crippen LogP contribution in [-0.2, 0) is 30.3 Å². The van der Waals surface area contributed by atoms with Crippen LogP contribution in [0.1, 0.15) is 57.7 Å². The van der Waals surface area contributed by atoms with Crippen molar-refractivity contribution < 1.29 is 29.0 Å². The van der Waals surface area contributed by atoms with Gasteiger partial charge in [0, 0.05) is 27.9 Å². The number of rotatable bonds is 7. The number of aryl methyl sites for hydroxylation is 1. The van der Waals surface area contributed by atoms with E-state index in [2.05, 4.69) is 0 Å². The number of hydrogen-bond acceptors (Lipinski definition) is 6. The molecule has 1 heterocycles. The Balaban J connectivity index is 0.000000263. The molecule has 0 fully saturated rings. The van der Waals surface area contributed by atoms with Crippen molar-refractivity contribution in [3.8, 4) is 0 Å². The second-order valence-corrected chi connectivity index (χ2v) is 11.1. The van der Waals surface area contributed by atoms with Gasteiger partial charge in [-0.3, -0.25) is 9.59 Å². The molecule has 2 aromatic carbocycles. The average Bonchev–Trinajstić information content (AvgIpc) is 2.99. The molecule has 0 bridgehead atoms. The Morgan fingerprint density at radius 1 is 1.05 bits per heavy atom. The van der Waals surface area contributed by atoms with Crippen molar-refractivity contribution in [2.45, 2.75) is 60.0 Å². The molecule has 0 unspecified atom stereocenters. The van der Waals surface area contributed by atoms with Gasteiger partial charge in [0.2, 0.25) is 0 Å². The highest BCUT2D eigenvalue weighted by atomic mass is 35.5. The minimum absolute atomic E-state index is 0.0483. The molecule has 0 saturated heterocycles. The van der Waals surface area contributed by atoms with Crippen LogP contribution in [0.15, 0.2) is 42.2 Å². The lowest BCUT2D eigenvalue weighted by Gasteiger charge is -2.21. The quantitative estimate of drug-likeness (QED) is 0.351. The Morgan fingerprint density at radius 2 is 1.65 bits per heavy atom. The molecule has 1 aliphatic rings. The van der Waals surface area contributed by atoms with E-state index in [9.17, 15) is 19.5 Å². The average molecular weight is 570 g/mol. The van der Waals surface area contributed by atoms with Gasteiger partial charge in [-0.25, -0.2) is 4.79 Å². The summed E-state index contributed by atoms with van der Waals surface area (Å²) in [4.78, 5) is 35.6. The molecule has 9 heteroatoms. The van der Waals surface area contributed by atoms with E-state index < -0.39 is 17.0 Å². The predicted octanol–water partition coefficient (Wildman–Crippen LogP) is 7.34. The fourth-order valence-corrected chi connectivity index (χ4v) is 4.23. The number of halogens is 3. The van der Waals surface area contributed by atoms with Gasteiger partial charge in [-0.15, -0.1) is 0 Å². The smallest absolute Gasteiger partial charge is 0.343 e. The molecular weight excluding hydrogens is 539 g/mol. The first-order chi connectivity index (χ1) is 17.1. The molecule has 0 saturated carbocycles. The van der Waals surface area contributed by atoms with Crippen LogP contribution in [0.4, 0.5) is 0 Å². The predicted molar refractivity (Wildman–Crippen MR) is 146 cm³/mol. The molecule has 0 aliphatic carbocycles. The largest absolute Gasteiger partial charge is 0.507 e. The summed E-state index contributed by atoms with van der Waals surface area (Å²) in [6.45, 7) is 10.6. The maximum absolute atomic E-state index is 12.1. The Morgan fingerprint density at radius 3 is 2.22 bits per heavy atom. The third-order valence-electron chi connectivity index (χ3n) is 5.69. The van der Waals surface area contributed by atoms with E-state index in [1.807, 2.05) is 6.92 Å². The van der Waals surface area contributed by atoms with Crippen LogP contribution >= 0.6 is 34.8 Å². The van der Waals surface area contributed by atoms with Crippen molar-refractivity contribution >= 4 is 58.1 Å². The lowest BCUT2D eigenvalue weighted by Crippen LogP contribution is -2.30. The number of aliphatic hydroxyl groups excluding tert-OH is 1. The molecule has 0 atom stereocenters. The molecule has 3 rings (SSSR count). The Labute approximate surface area is 232 Å². The third kappa shape index (κ3) is 7.97. The van der Waals surface area contributed by atoms with Crippen molar-refractivity contribution in [2.75, 3.05) is 6.61 Å². The van der Waals surface area contributed by atoms with Crippen molar-refractivity contribution in [1.29, 1.82) is 0 Å². The number of ether oxygens (including phenoxy) is 2. The third-order valence-corrected chi connectivity index (χ3v) is 6.53. The summed E-state index contributed by atoms with van der Waals surface area (Å²) in [5.74, 6) is -1.01. The molecule has 200 valence electrons. The lowest BCUT2D eigenvalue weighted by atomic mass is 9.86. The summed E-state index contributed by atoms with van der Waals surface area (Å²) in [5.41, 5.74) is 0.550. The molecular formula is C28H31Cl3O6. The van der Waals surface area contributed by atoms with Crippen molar-refractivity contribution in [1.82, 2.24) is 0 Å². The van der Waals surface area contributed by atoms with Crippen LogP contribution in [-0.4, -0.2) is 35.0 Å². The van der Waals surface area contributed by atoms with E-state index in [4.69, 9.17) is 44.3 Å². The van der Waals surface area contributed by atoms with Gasteiger partial charge in [-0.2, -0.15) is 0 Å². The Kier molecular flexibility index (Phi) is 10.2. The maximum Gasteiger partial charge on any atom is 0.343 e.